The molecule has 10 heteroatoms. The summed E-state index contributed by atoms with van der Waals surface area (Å²) >= 11 is 0. The van der Waals surface area contributed by atoms with E-state index in [0.717, 1.165) is 0 Å². The van der Waals surface area contributed by atoms with Gasteiger partial charge >= 0.3 is 5.76 Å². The number of para-hydroxylation sites is 2. The zero-order valence-electron chi connectivity index (χ0n) is 16.9. The number of ketones is 1. The second-order valence-corrected chi connectivity index (χ2v) is 9.23. The maximum absolute atomic E-state index is 12.9. The molecule has 1 saturated heterocycles. The van der Waals surface area contributed by atoms with Gasteiger partial charge in [0, 0.05) is 31.7 Å². The van der Waals surface area contributed by atoms with Crippen LogP contribution in [0.15, 0.2) is 62.6 Å². The Bertz CT molecular complexity index is 1320. The van der Waals surface area contributed by atoms with Gasteiger partial charge in [-0.15, -0.1) is 0 Å². The number of nitrogens with zero attached hydrogens (tertiary/aromatic N) is 3. The van der Waals surface area contributed by atoms with Crippen molar-refractivity contribution in [3.8, 4) is 0 Å². The molecule has 2 aromatic carbocycles. The van der Waals surface area contributed by atoms with Crippen LogP contribution in [0.25, 0.3) is 11.1 Å². The van der Waals surface area contributed by atoms with Crippen molar-refractivity contribution >= 4 is 32.8 Å². The lowest BCUT2D eigenvalue weighted by Crippen LogP contribution is -2.51. The maximum Gasteiger partial charge on any atom is 0.420 e. The highest BCUT2D eigenvalue weighted by Crippen LogP contribution is 2.20. The van der Waals surface area contributed by atoms with Gasteiger partial charge in [-0.3, -0.25) is 14.2 Å². The average Bonchev–Trinajstić information content (AvgIpc) is 3.09. The number of Topliss-reactive ketones (excluding diaryl/α,β-unsaturated/α-hetero) is 1. The molecule has 0 saturated carbocycles. The van der Waals surface area contributed by atoms with Crippen LogP contribution in [0.2, 0.25) is 0 Å². The molecule has 0 atom stereocenters. The van der Waals surface area contributed by atoms with Crippen molar-refractivity contribution < 1.29 is 22.4 Å². The molecule has 0 bridgehead atoms. The van der Waals surface area contributed by atoms with Gasteiger partial charge in [0.15, 0.2) is 11.4 Å². The number of carbonyl (C=O) groups is 2. The lowest BCUT2D eigenvalue weighted by molar-refractivity contribution is -0.133. The highest BCUT2D eigenvalue weighted by Gasteiger charge is 2.30. The van der Waals surface area contributed by atoms with Gasteiger partial charge in [0.2, 0.25) is 15.9 Å². The SMILES string of the molecule is CC(=O)c1cccc(S(=O)(=O)N2CCN(C(=O)Cn3c(=O)oc4ccccc43)CC2)c1. The summed E-state index contributed by atoms with van der Waals surface area (Å²) in [5, 5.41) is 0. The summed E-state index contributed by atoms with van der Waals surface area (Å²) in [6.45, 7) is 1.86. The molecule has 0 aliphatic carbocycles. The molecular weight excluding hydrogens is 422 g/mol. The van der Waals surface area contributed by atoms with Crippen LogP contribution in [-0.2, 0) is 21.4 Å². The highest BCUT2D eigenvalue weighted by molar-refractivity contribution is 7.89. The van der Waals surface area contributed by atoms with Crippen molar-refractivity contribution in [1.29, 1.82) is 0 Å². The number of carbonyl (C=O) groups excluding carboxylic acids is 2. The molecule has 0 unspecified atom stereocenters. The van der Waals surface area contributed by atoms with Crippen LogP contribution in [0, 0.1) is 0 Å². The minimum atomic E-state index is -3.78. The average molecular weight is 443 g/mol. The Balaban J connectivity index is 1.45. The smallest absolute Gasteiger partial charge is 0.408 e. The molecule has 2 heterocycles. The zero-order valence-corrected chi connectivity index (χ0v) is 17.7. The van der Waals surface area contributed by atoms with E-state index in [1.165, 1.54) is 38.9 Å². The Kier molecular flexibility index (Phi) is 5.50. The van der Waals surface area contributed by atoms with Crippen molar-refractivity contribution in [2.75, 3.05) is 26.2 Å². The fourth-order valence-electron chi connectivity index (χ4n) is 3.60. The number of sulfonamides is 1. The standard InChI is InChI=1S/C21H21N3O6S/c1-15(25)16-5-4-6-17(13-16)31(28,29)23-11-9-22(10-12-23)20(26)14-24-18-7-2-3-8-19(18)30-21(24)27/h2-8,13H,9-12,14H2,1H3. The molecule has 162 valence electrons. The summed E-state index contributed by atoms with van der Waals surface area (Å²) in [6, 6.07) is 12.8. The number of fused-ring (bicyclic) bond motifs is 1. The maximum atomic E-state index is 12.9. The van der Waals surface area contributed by atoms with Gasteiger partial charge in [0.25, 0.3) is 0 Å². The van der Waals surface area contributed by atoms with Crippen LogP contribution in [0.1, 0.15) is 17.3 Å². The first-order valence-electron chi connectivity index (χ1n) is 9.74. The van der Waals surface area contributed by atoms with Gasteiger partial charge in [-0.1, -0.05) is 24.3 Å². The summed E-state index contributed by atoms with van der Waals surface area (Å²) in [5.74, 6) is -1.11. The Morgan fingerprint density at radius 2 is 1.71 bits per heavy atom. The first-order valence-corrected chi connectivity index (χ1v) is 11.2. The number of hydrogen-bond acceptors (Lipinski definition) is 6. The Morgan fingerprint density at radius 3 is 2.42 bits per heavy atom. The Labute approximate surface area is 178 Å². The number of piperazine rings is 1. The summed E-state index contributed by atoms with van der Waals surface area (Å²) in [5.41, 5.74) is 1.27. The molecule has 1 aromatic heterocycles. The summed E-state index contributed by atoms with van der Waals surface area (Å²) in [4.78, 5) is 38.0. The summed E-state index contributed by atoms with van der Waals surface area (Å²) in [6.07, 6.45) is 0. The second kappa shape index (κ2) is 8.12. The number of rotatable bonds is 5. The molecule has 1 aliphatic heterocycles. The van der Waals surface area contributed by atoms with Crippen molar-refractivity contribution in [3.05, 3.63) is 64.6 Å². The van der Waals surface area contributed by atoms with Crippen LogP contribution >= 0.6 is 0 Å². The van der Waals surface area contributed by atoms with Gasteiger partial charge in [-0.25, -0.2) is 13.2 Å². The number of oxazole rings is 1. The first kappa shape index (κ1) is 21.0. The number of amides is 1. The molecule has 1 amide bonds. The van der Waals surface area contributed by atoms with Crippen LogP contribution in [0.5, 0.6) is 0 Å². The monoisotopic (exact) mass is 443 g/mol. The van der Waals surface area contributed by atoms with Crippen molar-refractivity contribution in [3.63, 3.8) is 0 Å². The van der Waals surface area contributed by atoms with Crippen LogP contribution in [-0.4, -0.2) is 60.1 Å². The molecule has 1 aliphatic rings. The van der Waals surface area contributed by atoms with E-state index in [1.54, 1.807) is 30.3 Å². The largest absolute Gasteiger partial charge is 0.420 e. The third-order valence-electron chi connectivity index (χ3n) is 5.34. The molecular formula is C21H21N3O6S. The number of hydrogen-bond donors (Lipinski definition) is 0. The van der Waals surface area contributed by atoms with Crippen molar-refractivity contribution in [2.45, 2.75) is 18.4 Å². The fraction of sp³-hybridized carbons (Fsp3) is 0.286. The predicted octanol–water partition coefficient (Wildman–Crippen LogP) is 1.33. The normalized spacial score (nSPS) is 15.3. The first-order chi connectivity index (χ1) is 14.8. The van der Waals surface area contributed by atoms with E-state index in [-0.39, 0.29) is 49.3 Å². The van der Waals surface area contributed by atoms with E-state index in [4.69, 9.17) is 4.42 Å². The van der Waals surface area contributed by atoms with E-state index in [1.807, 2.05) is 0 Å². The van der Waals surface area contributed by atoms with Crippen LogP contribution < -0.4 is 5.76 Å². The molecule has 0 spiro atoms. The van der Waals surface area contributed by atoms with Gasteiger partial charge < -0.3 is 9.32 Å². The molecule has 0 N–H and O–H groups in total. The van der Waals surface area contributed by atoms with Crippen LogP contribution in [0.4, 0.5) is 0 Å². The number of aromatic nitrogens is 1. The van der Waals surface area contributed by atoms with Gasteiger partial charge in [0.1, 0.15) is 6.54 Å². The predicted molar refractivity (Wildman–Crippen MR) is 112 cm³/mol. The van der Waals surface area contributed by atoms with Gasteiger partial charge in [-0.2, -0.15) is 4.31 Å². The van der Waals surface area contributed by atoms with Crippen molar-refractivity contribution in [1.82, 2.24) is 13.8 Å². The van der Waals surface area contributed by atoms with Gasteiger partial charge in [-0.05, 0) is 31.2 Å². The topological polar surface area (TPSA) is 110 Å². The zero-order chi connectivity index (χ0) is 22.2. The summed E-state index contributed by atoms with van der Waals surface area (Å²) in [7, 11) is -3.78. The number of benzene rings is 2. The Morgan fingerprint density at radius 1 is 1.00 bits per heavy atom. The quantitative estimate of drug-likeness (QED) is 0.550. The minimum absolute atomic E-state index is 0.0522. The molecule has 31 heavy (non-hydrogen) atoms. The van der Waals surface area contributed by atoms with Crippen molar-refractivity contribution in [2.24, 2.45) is 0 Å². The molecule has 4 rings (SSSR count). The minimum Gasteiger partial charge on any atom is -0.408 e. The van der Waals surface area contributed by atoms with E-state index < -0.39 is 15.8 Å². The second-order valence-electron chi connectivity index (χ2n) is 7.29. The van der Waals surface area contributed by atoms with Crippen LogP contribution in [0.3, 0.4) is 0 Å². The molecule has 1 fully saturated rings. The molecule has 0 radical (unpaired) electrons. The third-order valence-corrected chi connectivity index (χ3v) is 7.23. The fourth-order valence-corrected chi connectivity index (χ4v) is 5.07. The van der Waals surface area contributed by atoms with E-state index >= 15 is 0 Å². The summed E-state index contributed by atoms with van der Waals surface area (Å²) < 4.78 is 33.6. The highest BCUT2D eigenvalue weighted by atomic mass is 32.2. The lowest BCUT2D eigenvalue weighted by Gasteiger charge is -2.34. The van der Waals surface area contributed by atoms with E-state index in [9.17, 15) is 22.8 Å². The van der Waals surface area contributed by atoms with E-state index in [0.29, 0.717) is 16.7 Å². The Hall–Kier alpha value is -3.24. The molecule has 9 nitrogen and oxygen atoms in total. The lowest BCUT2D eigenvalue weighted by atomic mass is 10.2. The van der Waals surface area contributed by atoms with E-state index in [2.05, 4.69) is 0 Å². The molecule has 3 aromatic rings. The van der Waals surface area contributed by atoms with Gasteiger partial charge in [0.05, 0.1) is 10.4 Å². The third kappa shape index (κ3) is 4.04.